The van der Waals surface area contributed by atoms with Crippen LogP contribution in [0.25, 0.3) is 11.3 Å². The number of anilines is 1. The van der Waals surface area contributed by atoms with E-state index in [1.807, 2.05) is 30.3 Å². The largest absolute Gasteiger partial charge is 0.497 e. The first kappa shape index (κ1) is 12.0. The van der Waals surface area contributed by atoms with Crippen LogP contribution in [0.2, 0.25) is 0 Å². The second-order valence-electron chi connectivity index (χ2n) is 4.52. The first-order chi connectivity index (χ1) is 9.36. The number of hydrogen-bond acceptors (Lipinski definition) is 5. The van der Waals surface area contributed by atoms with Crippen LogP contribution in [-0.4, -0.2) is 38.4 Å². The molecule has 1 fully saturated rings. The highest BCUT2D eigenvalue weighted by atomic mass is 16.5. The van der Waals surface area contributed by atoms with Gasteiger partial charge in [0.2, 0.25) is 5.88 Å². The molecule has 1 aromatic heterocycles. The van der Waals surface area contributed by atoms with Gasteiger partial charge in [0, 0.05) is 37.8 Å². The van der Waals surface area contributed by atoms with Gasteiger partial charge in [-0.15, -0.1) is 0 Å². The van der Waals surface area contributed by atoms with Crippen molar-refractivity contribution in [3.05, 3.63) is 30.3 Å². The lowest BCUT2D eigenvalue weighted by atomic mass is 10.1. The molecule has 0 atom stereocenters. The van der Waals surface area contributed by atoms with Gasteiger partial charge in [-0.1, -0.05) is 17.3 Å². The minimum Gasteiger partial charge on any atom is -0.497 e. The van der Waals surface area contributed by atoms with Crippen LogP contribution >= 0.6 is 0 Å². The van der Waals surface area contributed by atoms with Crippen molar-refractivity contribution in [1.82, 2.24) is 10.5 Å². The molecular formula is C14H17N3O2. The summed E-state index contributed by atoms with van der Waals surface area (Å²) in [6.45, 7) is 3.86. The topological polar surface area (TPSA) is 50.5 Å². The van der Waals surface area contributed by atoms with Crippen LogP contribution in [0.1, 0.15) is 0 Å². The highest BCUT2D eigenvalue weighted by Crippen LogP contribution is 2.26. The number of aromatic nitrogens is 1. The maximum atomic E-state index is 5.44. The lowest BCUT2D eigenvalue weighted by Gasteiger charge is -2.25. The van der Waals surface area contributed by atoms with Crippen molar-refractivity contribution in [1.29, 1.82) is 0 Å². The molecule has 1 aliphatic heterocycles. The number of ether oxygens (including phenoxy) is 1. The second kappa shape index (κ2) is 5.32. The Bertz CT molecular complexity index is 547. The molecule has 2 aromatic rings. The van der Waals surface area contributed by atoms with Crippen molar-refractivity contribution < 1.29 is 9.26 Å². The average Bonchev–Trinajstić information content (AvgIpc) is 2.98. The number of nitrogens with zero attached hydrogens (tertiary/aromatic N) is 2. The molecule has 1 N–H and O–H groups in total. The van der Waals surface area contributed by atoms with Gasteiger partial charge in [0.05, 0.1) is 7.11 Å². The molecule has 0 bridgehead atoms. The van der Waals surface area contributed by atoms with Crippen molar-refractivity contribution in [2.45, 2.75) is 0 Å². The standard InChI is InChI=1S/C14H17N3O2/c1-18-12-4-2-3-11(9-12)13-10-14(19-16-13)17-7-5-15-6-8-17/h2-4,9-10,15H,5-8H2,1H3. The van der Waals surface area contributed by atoms with Gasteiger partial charge in [0.15, 0.2) is 0 Å². The zero-order valence-electron chi connectivity index (χ0n) is 10.9. The van der Waals surface area contributed by atoms with E-state index in [1.165, 1.54) is 0 Å². The summed E-state index contributed by atoms with van der Waals surface area (Å²) < 4.78 is 10.7. The predicted octanol–water partition coefficient (Wildman–Crippen LogP) is 1.76. The fourth-order valence-corrected chi connectivity index (χ4v) is 2.22. The van der Waals surface area contributed by atoms with E-state index in [0.29, 0.717) is 0 Å². The minimum absolute atomic E-state index is 0.823. The molecule has 0 saturated carbocycles. The van der Waals surface area contributed by atoms with Gasteiger partial charge < -0.3 is 19.5 Å². The first-order valence-corrected chi connectivity index (χ1v) is 6.43. The number of nitrogens with one attached hydrogen (secondary N) is 1. The zero-order valence-corrected chi connectivity index (χ0v) is 10.9. The molecule has 5 nitrogen and oxygen atoms in total. The van der Waals surface area contributed by atoms with E-state index in [9.17, 15) is 0 Å². The van der Waals surface area contributed by atoms with Crippen LogP contribution in [0.5, 0.6) is 5.75 Å². The molecule has 0 aliphatic carbocycles. The number of hydrogen-bond donors (Lipinski definition) is 1. The molecule has 1 aliphatic rings. The van der Waals surface area contributed by atoms with Gasteiger partial charge in [-0.2, -0.15) is 0 Å². The Morgan fingerprint density at radius 3 is 2.89 bits per heavy atom. The van der Waals surface area contributed by atoms with Crippen LogP contribution in [0.3, 0.4) is 0 Å². The zero-order chi connectivity index (χ0) is 13.1. The van der Waals surface area contributed by atoms with Gasteiger partial charge >= 0.3 is 0 Å². The maximum Gasteiger partial charge on any atom is 0.227 e. The van der Waals surface area contributed by atoms with Gasteiger partial charge in [0.25, 0.3) is 0 Å². The molecular weight excluding hydrogens is 242 g/mol. The average molecular weight is 259 g/mol. The molecule has 5 heteroatoms. The molecule has 0 radical (unpaired) electrons. The van der Waals surface area contributed by atoms with Crippen LogP contribution in [0.15, 0.2) is 34.9 Å². The van der Waals surface area contributed by atoms with Crippen molar-refractivity contribution in [2.75, 3.05) is 38.2 Å². The van der Waals surface area contributed by atoms with E-state index in [2.05, 4.69) is 15.4 Å². The Kier molecular flexibility index (Phi) is 3.37. The number of rotatable bonds is 3. The normalized spacial score (nSPS) is 15.5. The molecule has 0 unspecified atom stereocenters. The van der Waals surface area contributed by atoms with Gasteiger partial charge in [-0.3, -0.25) is 0 Å². The summed E-state index contributed by atoms with van der Waals surface area (Å²) in [5.41, 5.74) is 1.84. The van der Waals surface area contributed by atoms with Gasteiger partial charge in [-0.05, 0) is 12.1 Å². The van der Waals surface area contributed by atoms with E-state index >= 15 is 0 Å². The summed E-state index contributed by atoms with van der Waals surface area (Å²) in [7, 11) is 1.66. The fourth-order valence-electron chi connectivity index (χ4n) is 2.22. The number of piperazine rings is 1. The highest BCUT2D eigenvalue weighted by molar-refractivity contribution is 5.63. The van der Waals surface area contributed by atoms with E-state index < -0.39 is 0 Å². The van der Waals surface area contributed by atoms with Gasteiger partial charge in [-0.25, -0.2) is 0 Å². The number of methoxy groups -OCH3 is 1. The maximum absolute atomic E-state index is 5.44. The van der Waals surface area contributed by atoms with Crippen LogP contribution in [0.4, 0.5) is 5.88 Å². The minimum atomic E-state index is 0.823. The lowest BCUT2D eigenvalue weighted by Crippen LogP contribution is -2.43. The molecule has 3 rings (SSSR count). The molecule has 0 amide bonds. The summed E-state index contributed by atoms with van der Waals surface area (Å²) in [5, 5.41) is 7.46. The lowest BCUT2D eigenvalue weighted by molar-refractivity contribution is 0.408. The molecule has 1 aromatic carbocycles. The number of benzene rings is 1. The summed E-state index contributed by atoms with van der Waals surface area (Å²) in [4.78, 5) is 2.20. The van der Waals surface area contributed by atoms with Crippen LogP contribution in [-0.2, 0) is 0 Å². The third kappa shape index (κ3) is 2.56. The molecule has 19 heavy (non-hydrogen) atoms. The Balaban J connectivity index is 1.83. The predicted molar refractivity (Wildman–Crippen MR) is 73.6 cm³/mol. The van der Waals surface area contributed by atoms with Crippen molar-refractivity contribution in [3.63, 3.8) is 0 Å². The van der Waals surface area contributed by atoms with E-state index in [-0.39, 0.29) is 0 Å². The van der Waals surface area contributed by atoms with E-state index in [4.69, 9.17) is 9.26 Å². The quantitative estimate of drug-likeness (QED) is 0.910. The van der Waals surface area contributed by atoms with E-state index in [0.717, 1.165) is 49.1 Å². The summed E-state index contributed by atoms with van der Waals surface area (Å²) in [6.07, 6.45) is 0. The first-order valence-electron chi connectivity index (χ1n) is 6.43. The third-order valence-corrected chi connectivity index (χ3v) is 3.29. The Morgan fingerprint density at radius 2 is 2.11 bits per heavy atom. The third-order valence-electron chi connectivity index (χ3n) is 3.29. The molecule has 2 heterocycles. The Morgan fingerprint density at radius 1 is 1.26 bits per heavy atom. The van der Waals surface area contributed by atoms with Crippen molar-refractivity contribution in [3.8, 4) is 17.0 Å². The van der Waals surface area contributed by atoms with Crippen LogP contribution in [0, 0.1) is 0 Å². The van der Waals surface area contributed by atoms with Crippen LogP contribution < -0.4 is 15.0 Å². The highest BCUT2D eigenvalue weighted by Gasteiger charge is 2.16. The molecule has 100 valence electrons. The monoisotopic (exact) mass is 259 g/mol. The Labute approximate surface area is 112 Å². The van der Waals surface area contributed by atoms with Gasteiger partial charge in [0.1, 0.15) is 11.4 Å². The summed E-state index contributed by atoms with van der Waals surface area (Å²) in [6, 6.07) is 9.82. The summed E-state index contributed by atoms with van der Waals surface area (Å²) in [5.74, 6) is 1.66. The Hall–Kier alpha value is -2.01. The smallest absolute Gasteiger partial charge is 0.227 e. The van der Waals surface area contributed by atoms with Crippen molar-refractivity contribution in [2.24, 2.45) is 0 Å². The van der Waals surface area contributed by atoms with E-state index in [1.54, 1.807) is 7.11 Å². The summed E-state index contributed by atoms with van der Waals surface area (Å²) >= 11 is 0. The molecule has 0 spiro atoms. The van der Waals surface area contributed by atoms with Crippen molar-refractivity contribution >= 4 is 5.88 Å². The molecule has 1 saturated heterocycles. The second-order valence-corrected chi connectivity index (χ2v) is 4.52. The SMILES string of the molecule is COc1cccc(-c2cc(N3CCNCC3)on2)c1. The fraction of sp³-hybridized carbons (Fsp3) is 0.357.